The van der Waals surface area contributed by atoms with Crippen molar-refractivity contribution >= 4 is 17.4 Å². The quantitative estimate of drug-likeness (QED) is 0.760. The number of anilines is 2. The lowest BCUT2D eigenvalue weighted by molar-refractivity contribution is 0.102. The SMILES string of the molecule is CN(C)CCCNc1cnc(C(=O)Nc2ccc(F)c(F)c2)cn1. The second-order valence-corrected chi connectivity index (χ2v) is 5.45. The van der Waals surface area contributed by atoms with Crippen LogP contribution in [0.4, 0.5) is 20.3 Å². The number of carbonyl (C=O) groups excluding carboxylic acids is 1. The normalized spacial score (nSPS) is 10.7. The number of nitrogens with zero attached hydrogens (tertiary/aromatic N) is 3. The van der Waals surface area contributed by atoms with Gasteiger partial charge in [-0.25, -0.2) is 18.7 Å². The van der Waals surface area contributed by atoms with E-state index in [-0.39, 0.29) is 11.4 Å². The number of benzene rings is 1. The summed E-state index contributed by atoms with van der Waals surface area (Å²) >= 11 is 0. The Hall–Kier alpha value is -2.61. The van der Waals surface area contributed by atoms with Gasteiger partial charge in [-0.1, -0.05) is 0 Å². The van der Waals surface area contributed by atoms with Crippen LogP contribution in [0.5, 0.6) is 0 Å². The minimum absolute atomic E-state index is 0.0820. The van der Waals surface area contributed by atoms with Crippen molar-refractivity contribution in [2.75, 3.05) is 37.8 Å². The van der Waals surface area contributed by atoms with Gasteiger partial charge in [0.15, 0.2) is 11.6 Å². The topological polar surface area (TPSA) is 70.2 Å². The molecule has 128 valence electrons. The van der Waals surface area contributed by atoms with Crippen LogP contribution in [0.15, 0.2) is 30.6 Å². The van der Waals surface area contributed by atoms with E-state index in [0.717, 1.165) is 31.6 Å². The lowest BCUT2D eigenvalue weighted by atomic mass is 10.3. The minimum atomic E-state index is -1.03. The van der Waals surface area contributed by atoms with Crippen molar-refractivity contribution in [3.8, 4) is 0 Å². The first-order valence-electron chi connectivity index (χ1n) is 7.43. The summed E-state index contributed by atoms with van der Waals surface area (Å²) in [6, 6.07) is 3.11. The Kier molecular flexibility index (Phi) is 6.14. The van der Waals surface area contributed by atoms with Crippen molar-refractivity contribution in [3.05, 3.63) is 47.9 Å². The molecule has 6 nitrogen and oxygen atoms in total. The fourth-order valence-electron chi connectivity index (χ4n) is 1.92. The van der Waals surface area contributed by atoms with E-state index >= 15 is 0 Å². The highest BCUT2D eigenvalue weighted by molar-refractivity contribution is 6.02. The summed E-state index contributed by atoms with van der Waals surface area (Å²) in [5.74, 6) is -1.99. The van der Waals surface area contributed by atoms with Crippen LogP contribution in [-0.2, 0) is 0 Å². The second-order valence-electron chi connectivity index (χ2n) is 5.45. The van der Waals surface area contributed by atoms with E-state index in [0.29, 0.717) is 5.82 Å². The van der Waals surface area contributed by atoms with Gasteiger partial charge in [-0.15, -0.1) is 0 Å². The van der Waals surface area contributed by atoms with E-state index in [4.69, 9.17) is 0 Å². The Labute approximate surface area is 138 Å². The zero-order chi connectivity index (χ0) is 17.5. The van der Waals surface area contributed by atoms with Crippen LogP contribution in [0.1, 0.15) is 16.9 Å². The summed E-state index contributed by atoms with van der Waals surface area (Å²) in [5.41, 5.74) is 0.227. The van der Waals surface area contributed by atoms with Crippen molar-refractivity contribution < 1.29 is 13.6 Å². The molecule has 1 aromatic heterocycles. The lowest BCUT2D eigenvalue weighted by Gasteiger charge is -2.10. The van der Waals surface area contributed by atoms with Crippen LogP contribution in [0.2, 0.25) is 0 Å². The van der Waals surface area contributed by atoms with Crippen LogP contribution < -0.4 is 10.6 Å². The summed E-state index contributed by atoms with van der Waals surface area (Å²) < 4.78 is 26.0. The molecule has 24 heavy (non-hydrogen) atoms. The number of carbonyl (C=O) groups is 1. The fourth-order valence-corrected chi connectivity index (χ4v) is 1.92. The number of hydrogen-bond acceptors (Lipinski definition) is 5. The molecule has 0 radical (unpaired) electrons. The van der Waals surface area contributed by atoms with E-state index < -0.39 is 17.5 Å². The molecule has 1 aromatic carbocycles. The summed E-state index contributed by atoms with van der Waals surface area (Å²) in [5, 5.41) is 5.54. The van der Waals surface area contributed by atoms with E-state index in [1.807, 2.05) is 14.1 Å². The summed E-state index contributed by atoms with van der Waals surface area (Å²) in [4.78, 5) is 22.2. The molecule has 2 rings (SSSR count). The molecule has 1 amide bonds. The first-order valence-corrected chi connectivity index (χ1v) is 7.43. The number of aromatic nitrogens is 2. The highest BCUT2D eigenvalue weighted by atomic mass is 19.2. The van der Waals surface area contributed by atoms with Crippen molar-refractivity contribution in [2.24, 2.45) is 0 Å². The number of nitrogens with one attached hydrogen (secondary N) is 2. The molecule has 8 heteroatoms. The monoisotopic (exact) mass is 335 g/mol. The third-order valence-corrected chi connectivity index (χ3v) is 3.15. The molecular formula is C16H19F2N5O. The largest absolute Gasteiger partial charge is 0.369 e. The Bertz CT molecular complexity index is 691. The number of halogens is 2. The average Bonchev–Trinajstić information content (AvgIpc) is 2.55. The molecule has 0 bridgehead atoms. The standard InChI is InChI=1S/C16H19F2N5O/c1-23(2)7-3-6-19-15-10-20-14(9-21-15)16(24)22-11-4-5-12(17)13(18)8-11/h4-5,8-10H,3,6-7H2,1-2H3,(H,19,21)(H,22,24). The van der Waals surface area contributed by atoms with Gasteiger partial charge in [-0.2, -0.15) is 0 Å². The van der Waals surface area contributed by atoms with Crippen LogP contribution in [0, 0.1) is 11.6 Å². The van der Waals surface area contributed by atoms with Gasteiger partial charge in [-0.05, 0) is 39.2 Å². The Morgan fingerprint density at radius 2 is 1.96 bits per heavy atom. The third-order valence-electron chi connectivity index (χ3n) is 3.15. The van der Waals surface area contributed by atoms with Gasteiger partial charge in [0.05, 0.1) is 12.4 Å². The van der Waals surface area contributed by atoms with Crippen LogP contribution in [0.25, 0.3) is 0 Å². The number of amides is 1. The van der Waals surface area contributed by atoms with Gasteiger partial charge < -0.3 is 15.5 Å². The molecule has 0 aliphatic rings. The van der Waals surface area contributed by atoms with Gasteiger partial charge >= 0.3 is 0 Å². The highest BCUT2D eigenvalue weighted by Crippen LogP contribution is 2.14. The molecule has 2 aromatic rings. The summed E-state index contributed by atoms with van der Waals surface area (Å²) in [6.07, 6.45) is 3.73. The maximum atomic E-state index is 13.1. The molecule has 1 heterocycles. The van der Waals surface area contributed by atoms with Gasteiger partial charge in [0, 0.05) is 18.3 Å². The number of hydrogen-bond donors (Lipinski definition) is 2. The van der Waals surface area contributed by atoms with E-state index in [1.165, 1.54) is 18.5 Å². The average molecular weight is 335 g/mol. The van der Waals surface area contributed by atoms with Crippen LogP contribution in [0.3, 0.4) is 0 Å². The predicted molar refractivity (Wildman–Crippen MR) is 88.0 cm³/mol. The van der Waals surface area contributed by atoms with E-state index in [9.17, 15) is 13.6 Å². The molecule has 0 saturated carbocycles. The second kappa shape index (κ2) is 8.30. The maximum absolute atomic E-state index is 13.1. The van der Waals surface area contributed by atoms with Gasteiger partial charge in [-0.3, -0.25) is 4.79 Å². The summed E-state index contributed by atoms with van der Waals surface area (Å²) in [7, 11) is 4.00. The van der Waals surface area contributed by atoms with Crippen LogP contribution >= 0.6 is 0 Å². The molecule has 0 spiro atoms. The molecule has 2 N–H and O–H groups in total. The number of rotatable bonds is 7. The van der Waals surface area contributed by atoms with Gasteiger partial charge in [0.1, 0.15) is 11.5 Å². The molecule has 0 fully saturated rings. The maximum Gasteiger partial charge on any atom is 0.275 e. The Morgan fingerprint density at radius 3 is 2.58 bits per heavy atom. The molecule has 0 aliphatic heterocycles. The Balaban J connectivity index is 1.89. The fraction of sp³-hybridized carbons (Fsp3) is 0.312. The van der Waals surface area contributed by atoms with Crippen molar-refractivity contribution in [2.45, 2.75) is 6.42 Å². The lowest BCUT2D eigenvalue weighted by Crippen LogP contribution is -2.17. The van der Waals surface area contributed by atoms with Gasteiger partial charge in [0.25, 0.3) is 5.91 Å². The molecule has 0 atom stereocenters. The predicted octanol–water partition coefficient (Wildman–Crippen LogP) is 2.37. The highest BCUT2D eigenvalue weighted by Gasteiger charge is 2.10. The molecule has 0 aliphatic carbocycles. The molecule has 0 saturated heterocycles. The first-order chi connectivity index (χ1) is 11.5. The molecule has 0 unspecified atom stereocenters. The third kappa shape index (κ3) is 5.24. The first kappa shape index (κ1) is 17.7. The zero-order valence-electron chi connectivity index (χ0n) is 13.5. The van der Waals surface area contributed by atoms with Crippen molar-refractivity contribution in [3.63, 3.8) is 0 Å². The smallest absolute Gasteiger partial charge is 0.275 e. The van der Waals surface area contributed by atoms with Gasteiger partial charge in [0.2, 0.25) is 0 Å². The van der Waals surface area contributed by atoms with Crippen molar-refractivity contribution in [1.29, 1.82) is 0 Å². The van der Waals surface area contributed by atoms with Crippen molar-refractivity contribution in [1.82, 2.24) is 14.9 Å². The Morgan fingerprint density at radius 1 is 1.17 bits per heavy atom. The minimum Gasteiger partial charge on any atom is -0.369 e. The van der Waals surface area contributed by atoms with Crippen LogP contribution in [-0.4, -0.2) is 48.0 Å². The summed E-state index contributed by atoms with van der Waals surface area (Å²) in [6.45, 7) is 1.70. The molecular weight excluding hydrogens is 316 g/mol. The van der Waals surface area contributed by atoms with E-state index in [1.54, 1.807) is 0 Å². The van der Waals surface area contributed by atoms with E-state index in [2.05, 4.69) is 25.5 Å². The zero-order valence-corrected chi connectivity index (χ0v) is 13.5.